The average molecular weight is 292 g/mol. The van der Waals surface area contributed by atoms with Crippen LogP contribution in [0.25, 0.3) is 0 Å². The summed E-state index contributed by atoms with van der Waals surface area (Å²) >= 11 is 1.71. The van der Waals surface area contributed by atoms with Crippen molar-refractivity contribution in [2.75, 3.05) is 19.6 Å². The van der Waals surface area contributed by atoms with Gasteiger partial charge in [0.2, 0.25) is 0 Å². The van der Waals surface area contributed by atoms with Crippen LogP contribution in [-0.2, 0) is 0 Å². The second kappa shape index (κ2) is 6.24. The van der Waals surface area contributed by atoms with Crippen LogP contribution in [0.2, 0.25) is 0 Å². The van der Waals surface area contributed by atoms with E-state index in [1.807, 2.05) is 11.4 Å². The van der Waals surface area contributed by atoms with Crippen molar-refractivity contribution in [3.8, 4) is 0 Å². The van der Waals surface area contributed by atoms with Crippen LogP contribution in [0.1, 0.15) is 30.7 Å². The van der Waals surface area contributed by atoms with E-state index in [0.717, 1.165) is 12.8 Å². The molecule has 1 atom stereocenters. The summed E-state index contributed by atoms with van der Waals surface area (Å²) in [6.45, 7) is 2.37. The number of thiophene rings is 1. The van der Waals surface area contributed by atoms with Crippen molar-refractivity contribution < 1.29 is 13.2 Å². The molecule has 1 N–H and O–H groups in total. The van der Waals surface area contributed by atoms with Crippen molar-refractivity contribution in [3.05, 3.63) is 22.4 Å². The van der Waals surface area contributed by atoms with Crippen molar-refractivity contribution >= 4 is 11.3 Å². The van der Waals surface area contributed by atoms with Crippen molar-refractivity contribution in [3.63, 3.8) is 0 Å². The van der Waals surface area contributed by atoms with Gasteiger partial charge in [-0.1, -0.05) is 6.07 Å². The predicted octanol–water partition coefficient (Wildman–Crippen LogP) is 3.43. The Morgan fingerprint density at radius 3 is 2.63 bits per heavy atom. The zero-order valence-corrected chi connectivity index (χ0v) is 11.7. The van der Waals surface area contributed by atoms with Crippen LogP contribution in [0.5, 0.6) is 0 Å². The number of piperidine rings is 1. The Labute approximate surface area is 115 Å². The summed E-state index contributed by atoms with van der Waals surface area (Å²) in [7, 11) is 0. The summed E-state index contributed by atoms with van der Waals surface area (Å²) < 4.78 is 36.8. The first-order chi connectivity index (χ1) is 8.94. The number of halogens is 3. The SMILES string of the molecule is C[C@@H](NC1CCN(CC(F)(F)F)CC1)c1cccs1. The van der Waals surface area contributed by atoms with Gasteiger partial charge in [-0.15, -0.1) is 11.3 Å². The van der Waals surface area contributed by atoms with E-state index in [-0.39, 0.29) is 6.04 Å². The Morgan fingerprint density at radius 2 is 2.11 bits per heavy atom. The van der Waals surface area contributed by atoms with Crippen LogP contribution in [0.15, 0.2) is 17.5 Å². The van der Waals surface area contributed by atoms with Crippen molar-refractivity contribution in [2.24, 2.45) is 0 Å². The van der Waals surface area contributed by atoms with Crippen molar-refractivity contribution in [1.29, 1.82) is 0 Å². The summed E-state index contributed by atoms with van der Waals surface area (Å²) in [5.41, 5.74) is 0. The van der Waals surface area contributed by atoms with E-state index >= 15 is 0 Å². The molecule has 0 bridgehead atoms. The Bertz CT molecular complexity index is 370. The molecule has 0 aromatic carbocycles. The van der Waals surface area contributed by atoms with E-state index in [9.17, 15) is 13.2 Å². The van der Waals surface area contributed by atoms with Gasteiger partial charge in [0.15, 0.2) is 0 Å². The molecule has 0 radical (unpaired) electrons. The summed E-state index contributed by atoms with van der Waals surface area (Å²) in [5, 5.41) is 5.55. The van der Waals surface area contributed by atoms with Crippen LogP contribution < -0.4 is 5.32 Å². The van der Waals surface area contributed by atoms with Gasteiger partial charge >= 0.3 is 6.18 Å². The molecule has 1 aliphatic rings. The lowest BCUT2D eigenvalue weighted by molar-refractivity contribution is -0.148. The molecule has 6 heteroatoms. The molecule has 0 aliphatic carbocycles. The van der Waals surface area contributed by atoms with Gasteiger partial charge in [-0.25, -0.2) is 0 Å². The van der Waals surface area contributed by atoms with Crippen LogP contribution >= 0.6 is 11.3 Å². The van der Waals surface area contributed by atoms with Gasteiger partial charge < -0.3 is 5.32 Å². The van der Waals surface area contributed by atoms with Gasteiger partial charge in [0.25, 0.3) is 0 Å². The zero-order chi connectivity index (χ0) is 13.9. The number of alkyl halides is 3. The fourth-order valence-corrected chi connectivity index (χ4v) is 3.23. The van der Waals surface area contributed by atoms with Gasteiger partial charge in [0.1, 0.15) is 0 Å². The summed E-state index contributed by atoms with van der Waals surface area (Å²) in [5.74, 6) is 0. The standard InChI is InChI=1S/C13H19F3N2S/c1-10(12-3-2-8-19-12)17-11-4-6-18(7-5-11)9-13(14,15)16/h2-3,8,10-11,17H,4-7,9H2,1H3/t10-/m1/s1. The van der Waals surface area contributed by atoms with Gasteiger partial charge in [0.05, 0.1) is 6.54 Å². The fraction of sp³-hybridized carbons (Fsp3) is 0.692. The molecule has 2 nitrogen and oxygen atoms in total. The van der Waals surface area contributed by atoms with E-state index in [2.05, 4.69) is 18.3 Å². The molecule has 1 aromatic rings. The minimum atomic E-state index is -4.08. The van der Waals surface area contributed by atoms with E-state index in [1.54, 1.807) is 11.3 Å². The number of hydrogen-bond donors (Lipinski definition) is 1. The molecular weight excluding hydrogens is 273 g/mol. The summed E-state index contributed by atoms with van der Waals surface area (Å²) in [6, 6.07) is 4.70. The maximum Gasteiger partial charge on any atom is 0.401 e. The van der Waals surface area contributed by atoms with Crippen LogP contribution in [0.4, 0.5) is 13.2 Å². The van der Waals surface area contributed by atoms with E-state index in [0.29, 0.717) is 19.1 Å². The minimum Gasteiger partial charge on any atom is -0.307 e. The Balaban J connectivity index is 1.74. The third kappa shape index (κ3) is 4.78. The van der Waals surface area contributed by atoms with Gasteiger partial charge in [-0.3, -0.25) is 4.90 Å². The maximum absolute atomic E-state index is 12.3. The number of nitrogens with zero attached hydrogens (tertiary/aromatic N) is 1. The normalized spacial score (nSPS) is 20.6. The van der Waals surface area contributed by atoms with E-state index < -0.39 is 12.7 Å². The number of rotatable bonds is 4. The zero-order valence-electron chi connectivity index (χ0n) is 10.9. The molecule has 2 rings (SSSR count). The van der Waals surface area contributed by atoms with Crippen LogP contribution in [0, 0.1) is 0 Å². The number of likely N-dealkylation sites (tertiary alicyclic amines) is 1. The molecule has 0 saturated carbocycles. The molecule has 0 unspecified atom stereocenters. The molecule has 19 heavy (non-hydrogen) atoms. The monoisotopic (exact) mass is 292 g/mol. The van der Waals surface area contributed by atoms with Gasteiger partial charge in [-0.05, 0) is 44.3 Å². The molecule has 2 heterocycles. The lowest BCUT2D eigenvalue weighted by Crippen LogP contribution is -2.46. The molecule has 1 aromatic heterocycles. The highest BCUT2D eigenvalue weighted by Gasteiger charge is 2.32. The lowest BCUT2D eigenvalue weighted by atomic mass is 10.0. The lowest BCUT2D eigenvalue weighted by Gasteiger charge is -2.34. The Hall–Kier alpha value is -0.590. The maximum atomic E-state index is 12.3. The second-order valence-electron chi connectivity index (χ2n) is 5.07. The number of nitrogens with one attached hydrogen (secondary N) is 1. The number of hydrogen-bond acceptors (Lipinski definition) is 3. The van der Waals surface area contributed by atoms with Crippen molar-refractivity contribution in [2.45, 2.75) is 38.0 Å². The smallest absolute Gasteiger partial charge is 0.307 e. The third-order valence-electron chi connectivity index (χ3n) is 3.45. The minimum absolute atomic E-state index is 0.277. The molecule has 1 aliphatic heterocycles. The Morgan fingerprint density at radius 1 is 1.42 bits per heavy atom. The van der Waals surface area contributed by atoms with Gasteiger partial charge in [0, 0.05) is 17.0 Å². The highest BCUT2D eigenvalue weighted by atomic mass is 32.1. The van der Waals surface area contributed by atoms with E-state index in [4.69, 9.17) is 0 Å². The summed E-state index contributed by atoms with van der Waals surface area (Å²) in [4.78, 5) is 2.77. The molecule has 0 spiro atoms. The third-order valence-corrected chi connectivity index (χ3v) is 4.50. The second-order valence-corrected chi connectivity index (χ2v) is 6.05. The molecule has 1 fully saturated rings. The predicted molar refractivity (Wildman–Crippen MR) is 71.4 cm³/mol. The van der Waals surface area contributed by atoms with Crippen LogP contribution in [0.3, 0.4) is 0 Å². The first-order valence-electron chi connectivity index (χ1n) is 6.52. The first kappa shape index (κ1) is 14.8. The highest BCUT2D eigenvalue weighted by molar-refractivity contribution is 7.10. The molecule has 0 amide bonds. The molecular formula is C13H19F3N2S. The fourth-order valence-electron chi connectivity index (χ4n) is 2.48. The van der Waals surface area contributed by atoms with E-state index in [1.165, 1.54) is 9.78 Å². The summed E-state index contributed by atoms with van der Waals surface area (Å²) in [6.07, 6.45) is -2.51. The van der Waals surface area contributed by atoms with Crippen LogP contribution in [-0.4, -0.2) is 36.8 Å². The quantitative estimate of drug-likeness (QED) is 0.914. The molecule has 1 saturated heterocycles. The van der Waals surface area contributed by atoms with Crippen molar-refractivity contribution in [1.82, 2.24) is 10.2 Å². The molecule has 108 valence electrons. The Kier molecular flexibility index (Phi) is 4.86. The highest BCUT2D eigenvalue weighted by Crippen LogP contribution is 2.23. The van der Waals surface area contributed by atoms with Gasteiger partial charge in [-0.2, -0.15) is 13.2 Å². The topological polar surface area (TPSA) is 15.3 Å². The largest absolute Gasteiger partial charge is 0.401 e. The average Bonchev–Trinajstić information content (AvgIpc) is 2.83. The first-order valence-corrected chi connectivity index (χ1v) is 7.40.